The summed E-state index contributed by atoms with van der Waals surface area (Å²) < 4.78 is 2.21. The molecule has 1 atom stereocenters. The fourth-order valence-corrected chi connectivity index (χ4v) is 2.21. The van der Waals surface area contributed by atoms with E-state index in [1.165, 1.54) is 0 Å². The Morgan fingerprint density at radius 3 is 2.18 bits per heavy atom. The Balaban J connectivity index is 2.67. The number of halogens is 4. The lowest BCUT2D eigenvalue weighted by Gasteiger charge is -2.37. The molecule has 1 aliphatic rings. The third-order valence-electron chi connectivity index (χ3n) is 1.31. The summed E-state index contributed by atoms with van der Waals surface area (Å²) in [6.45, 7) is 0.0263. The zero-order valence-corrected chi connectivity index (χ0v) is 8.38. The number of ether oxygens (including phenoxy) is 1. The summed E-state index contributed by atoms with van der Waals surface area (Å²) in [5.41, 5.74) is 0. The molecule has 0 saturated carbocycles. The van der Waals surface area contributed by atoms with Crippen LogP contribution >= 0.6 is 46.4 Å². The van der Waals surface area contributed by atoms with E-state index in [9.17, 15) is 0 Å². The molecule has 0 bridgehead atoms. The summed E-state index contributed by atoms with van der Waals surface area (Å²) in [7, 11) is 0. The number of hydrogen-bond acceptors (Lipinski definition) is 2. The van der Waals surface area contributed by atoms with Crippen LogP contribution in [-0.4, -0.2) is 26.7 Å². The zero-order chi connectivity index (χ0) is 8.70. The molecule has 2 nitrogen and oxygen atoms in total. The van der Waals surface area contributed by atoms with Crippen molar-refractivity contribution in [1.82, 2.24) is 0 Å². The number of alkyl halides is 4. The van der Waals surface area contributed by atoms with Crippen molar-refractivity contribution in [2.45, 2.75) is 21.4 Å². The lowest BCUT2D eigenvalue weighted by molar-refractivity contribution is -0.132. The molecule has 0 aromatic rings. The van der Waals surface area contributed by atoms with Gasteiger partial charge in [0.25, 0.3) is 0 Å². The monoisotopic (exact) mass is 238 g/mol. The van der Waals surface area contributed by atoms with E-state index in [4.69, 9.17) is 56.2 Å². The van der Waals surface area contributed by atoms with Gasteiger partial charge in [0.1, 0.15) is 4.33 Å². The molecule has 1 fully saturated rings. The van der Waals surface area contributed by atoms with Crippen LogP contribution in [0.2, 0.25) is 0 Å². The van der Waals surface area contributed by atoms with Crippen LogP contribution in [0.5, 0.6) is 0 Å². The van der Waals surface area contributed by atoms with Crippen molar-refractivity contribution in [2.75, 3.05) is 6.61 Å². The molecule has 0 radical (unpaired) electrons. The normalized spacial score (nSPS) is 35.2. The topological polar surface area (TPSA) is 29.5 Å². The zero-order valence-electron chi connectivity index (χ0n) is 5.36. The van der Waals surface area contributed by atoms with E-state index in [-0.39, 0.29) is 13.0 Å². The van der Waals surface area contributed by atoms with Crippen LogP contribution in [-0.2, 0) is 4.74 Å². The quantitative estimate of drug-likeness (QED) is 0.656. The highest BCUT2D eigenvalue weighted by atomic mass is 35.5. The van der Waals surface area contributed by atoms with E-state index >= 15 is 0 Å². The van der Waals surface area contributed by atoms with Crippen LogP contribution in [0.1, 0.15) is 6.42 Å². The molecule has 1 rings (SSSR count). The van der Waals surface area contributed by atoms with Crippen molar-refractivity contribution < 1.29 is 9.84 Å². The number of aliphatic hydroxyl groups excluding tert-OH is 1. The summed E-state index contributed by atoms with van der Waals surface area (Å²) in [5.74, 6) is 0. The second-order valence-corrected chi connectivity index (χ2v) is 5.64. The molecule has 11 heavy (non-hydrogen) atoms. The van der Waals surface area contributed by atoms with E-state index in [0.29, 0.717) is 0 Å². The summed E-state index contributed by atoms with van der Waals surface area (Å²) >= 11 is 22.6. The van der Waals surface area contributed by atoms with Crippen molar-refractivity contribution in [2.24, 2.45) is 0 Å². The Kier molecular flexibility index (Phi) is 2.86. The maximum Gasteiger partial charge on any atom is 0.188 e. The van der Waals surface area contributed by atoms with E-state index in [0.717, 1.165) is 0 Å². The lowest BCUT2D eigenvalue weighted by atomic mass is 10.2. The molecule has 1 N–H and O–H groups in total. The highest BCUT2D eigenvalue weighted by Crippen LogP contribution is 2.44. The van der Waals surface area contributed by atoms with Crippen LogP contribution in [0.25, 0.3) is 0 Å². The van der Waals surface area contributed by atoms with Gasteiger partial charge in [-0.3, -0.25) is 0 Å². The molecular weight excluding hydrogens is 234 g/mol. The van der Waals surface area contributed by atoms with Crippen LogP contribution in [0.4, 0.5) is 0 Å². The Labute approximate surface area is 84.3 Å². The minimum absolute atomic E-state index is 0.0263. The first kappa shape index (κ1) is 10.2. The minimum atomic E-state index is -1.41. The Hall–Kier alpha value is 1.08. The van der Waals surface area contributed by atoms with Gasteiger partial charge in [0.05, 0.1) is 6.61 Å². The summed E-state index contributed by atoms with van der Waals surface area (Å²) in [4.78, 5) is 0. The van der Waals surface area contributed by atoms with Crippen LogP contribution in [0.15, 0.2) is 0 Å². The first-order valence-corrected chi connectivity index (χ1v) is 4.40. The standard InChI is InChI=1S/C5H6Cl4O2/c6-4(7)1-5(8,9)3(10)11-2-4/h3,10H,1-2H2. The van der Waals surface area contributed by atoms with Gasteiger partial charge in [0, 0.05) is 6.42 Å². The fraction of sp³-hybridized carbons (Fsp3) is 1.00. The number of aliphatic hydroxyl groups is 1. The SMILES string of the molecule is OC1OCC(Cl)(Cl)CC1(Cl)Cl. The molecule has 0 amide bonds. The number of rotatable bonds is 0. The van der Waals surface area contributed by atoms with Crippen molar-refractivity contribution >= 4 is 46.4 Å². The summed E-state index contributed by atoms with van der Waals surface area (Å²) in [6.07, 6.45) is -1.15. The third-order valence-corrected chi connectivity index (χ3v) is 2.43. The van der Waals surface area contributed by atoms with Gasteiger partial charge in [0.15, 0.2) is 10.6 Å². The van der Waals surface area contributed by atoms with Gasteiger partial charge < -0.3 is 9.84 Å². The third kappa shape index (κ3) is 2.51. The smallest absolute Gasteiger partial charge is 0.188 e. The largest absolute Gasteiger partial charge is 0.366 e. The maximum atomic E-state index is 9.07. The average molecular weight is 240 g/mol. The molecular formula is C5H6Cl4O2. The van der Waals surface area contributed by atoms with E-state index in [1.54, 1.807) is 0 Å². The highest BCUT2D eigenvalue weighted by Gasteiger charge is 2.47. The lowest BCUT2D eigenvalue weighted by Crippen LogP contribution is -2.46. The van der Waals surface area contributed by atoms with Crippen LogP contribution in [0, 0.1) is 0 Å². The van der Waals surface area contributed by atoms with Gasteiger partial charge in [-0.25, -0.2) is 0 Å². The van der Waals surface area contributed by atoms with Gasteiger partial charge in [0.2, 0.25) is 0 Å². The average Bonchev–Trinajstić information content (AvgIpc) is 1.77. The molecule has 1 aliphatic heterocycles. The van der Waals surface area contributed by atoms with Gasteiger partial charge >= 0.3 is 0 Å². The predicted molar refractivity (Wildman–Crippen MR) is 45.4 cm³/mol. The van der Waals surface area contributed by atoms with Crippen molar-refractivity contribution in [3.05, 3.63) is 0 Å². The molecule has 0 aliphatic carbocycles. The van der Waals surface area contributed by atoms with E-state index in [2.05, 4.69) is 0 Å². The van der Waals surface area contributed by atoms with Crippen molar-refractivity contribution in [3.8, 4) is 0 Å². The summed E-state index contributed by atoms with van der Waals surface area (Å²) in [6, 6.07) is 0. The Bertz CT molecular complexity index is 159. The van der Waals surface area contributed by atoms with Gasteiger partial charge in [-0.15, -0.1) is 0 Å². The Morgan fingerprint density at radius 1 is 1.27 bits per heavy atom. The molecule has 1 saturated heterocycles. The van der Waals surface area contributed by atoms with Crippen molar-refractivity contribution in [3.63, 3.8) is 0 Å². The van der Waals surface area contributed by atoms with E-state index in [1.807, 2.05) is 0 Å². The molecule has 6 heteroatoms. The first-order chi connectivity index (χ1) is 4.83. The second kappa shape index (κ2) is 3.09. The highest BCUT2D eigenvalue weighted by molar-refractivity contribution is 6.53. The van der Waals surface area contributed by atoms with Gasteiger partial charge in [-0.05, 0) is 0 Å². The predicted octanol–water partition coefficient (Wildman–Crippen LogP) is 2.07. The Morgan fingerprint density at radius 2 is 1.82 bits per heavy atom. The van der Waals surface area contributed by atoms with E-state index < -0.39 is 15.0 Å². The molecule has 66 valence electrons. The van der Waals surface area contributed by atoms with Gasteiger partial charge in [-0.2, -0.15) is 0 Å². The molecule has 0 aromatic carbocycles. The number of hydrogen-bond donors (Lipinski definition) is 1. The summed E-state index contributed by atoms with van der Waals surface area (Å²) in [5, 5.41) is 9.07. The minimum Gasteiger partial charge on any atom is -0.366 e. The maximum absolute atomic E-state index is 9.07. The molecule has 0 spiro atoms. The second-order valence-electron chi connectivity index (χ2n) is 2.46. The van der Waals surface area contributed by atoms with Crippen molar-refractivity contribution in [1.29, 1.82) is 0 Å². The molecule has 1 heterocycles. The fourth-order valence-electron chi connectivity index (χ4n) is 0.806. The molecule has 0 aromatic heterocycles. The molecule has 1 unspecified atom stereocenters. The first-order valence-electron chi connectivity index (χ1n) is 2.89. The van der Waals surface area contributed by atoms with Gasteiger partial charge in [-0.1, -0.05) is 46.4 Å². The van der Waals surface area contributed by atoms with Crippen LogP contribution in [0.3, 0.4) is 0 Å². The van der Waals surface area contributed by atoms with Crippen LogP contribution < -0.4 is 0 Å².